The zero-order chi connectivity index (χ0) is 14.4. The molecule has 108 valence electrons. The van der Waals surface area contributed by atoms with Crippen LogP contribution in [0, 0.1) is 0 Å². The lowest BCUT2D eigenvalue weighted by Crippen LogP contribution is -2.43. The van der Waals surface area contributed by atoms with Gasteiger partial charge in [0.25, 0.3) is 0 Å². The van der Waals surface area contributed by atoms with Gasteiger partial charge in [0, 0.05) is 10.5 Å². The summed E-state index contributed by atoms with van der Waals surface area (Å²) in [6.45, 7) is 0. The third kappa shape index (κ3) is 2.67. The van der Waals surface area contributed by atoms with Gasteiger partial charge in [-0.25, -0.2) is 0 Å². The highest BCUT2D eigenvalue weighted by molar-refractivity contribution is 9.10. The maximum atomic E-state index is 5.42. The van der Waals surface area contributed by atoms with Crippen LogP contribution in [0.3, 0.4) is 0 Å². The van der Waals surface area contributed by atoms with Crippen molar-refractivity contribution in [3.05, 3.63) is 51.5 Å². The highest BCUT2D eigenvalue weighted by atomic mass is 79.9. The molecule has 0 aromatic heterocycles. The number of halogens is 1. The van der Waals surface area contributed by atoms with Crippen molar-refractivity contribution in [2.75, 3.05) is 0 Å². The van der Waals surface area contributed by atoms with Crippen molar-refractivity contribution in [2.45, 2.75) is 37.8 Å². The van der Waals surface area contributed by atoms with Crippen molar-refractivity contribution in [1.82, 2.24) is 10.6 Å². The summed E-state index contributed by atoms with van der Waals surface area (Å²) in [5, 5.41) is 7.60. The van der Waals surface area contributed by atoms with Crippen LogP contribution in [0.5, 0.6) is 0 Å². The molecule has 0 amide bonds. The van der Waals surface area contributed by atoms with Crippen LogP contribution in [0.25, 0.3) is 5.57 Å². The van der Waals surface area contributed by atoms with E-state index in [4.69, 9.17) is 12.2 Å². The van der Waals surface area contributed by atoms with Crippen LogP contribution >= 0.6 is 28.1 Å². The van der Waals surface area contributed by atoms with Crippen molar-refractivity contribution >= 4 is 38.8 Å². The molecule has 21 heavy (non-hydrogen) atoms. The fourth-order valence-corrected chi connectivity index (χ4v) is 3.96. The monoisotopic (exact) mass is 360 g/mol. The third-order valence-electron chi connectivity index (χ3n) is 4.30. The molecule has 1 saturated carbocycles. The largest absolute Gasteiger partial charge is 0.360 e. The van der Waals surface area contributed by atoms with Gasteiger partial charge in [-0.3, -0.25) is 0 Å². The molecular weight excluding hydrogens is 344 g/mol. The van der Waals surface area contributed by atoms with Gasteiger partial charge < -0.3 is 10.6 Å². The highest BCUT2D eigenvalue weighted by Crippen LogP contribution is 2.37. The SMILES string of the molecule is S=C(NC1C=C2C=CCc3ccc(Br)c(c32)C1)NC1CC1. The molecule has 2 N–H and O–H groups in total. The Balaban J connectivity index is 1.61. The molecule has 2 nitrogen and oxygen atoms in total. The summed E-state index contributed by atoms with van der Waals surface area (Å²) in [7, 11) is 0. The lowest BCUT2D eigenvalue weighted by atomic mass is 9.81. The molecule has 0 aliphatic heterocycles. The van der Waals surface area contributed by atoms with Crippen LogP contribution < -0.4 is 10.6 Å². The minimum Gasteiger partial charge on any atom is -0.360 e. The van der Waals surface area contributed by atoms with Gasteiger partial charge in [0.1, 0.15) is 0 Å². The van der Waals surface area contributed by atoms with E-state index in [2.05, 4.69) is 56.9 Å². The minimum absolute atomic E-state index is 0.264. The van der Waals surface area contributed by atoms with E-state index in [0.717, 1.165) is 18.0 Å². The summed E-state index contributed by atoms with van der Waals surface area (Å²) in [5.41, 5.74) is 5.58. The highest BCUT2D eigenvalue weighted by Gasteiger charge is 2.26. The zero-order valence-electron chi connectivity index (χ0n) is 11.7. The van der Waals surface area contributed by atoms with Crippen LogP contribution in [-0.4, -0.2) is 17.2 Å². The summed E-state index contributed by atoms with van der Waals surface area (Å²) in [6, 6.07) is 5.27. The number of allylic oxidation sites excluding steroid dienone is 3. The second-order valence-corrected chi connectivity index (χ2v) is 7.25. The second-order valence-electron chi connectivity index (χ2n) is 5.99. The predicted octanol–water partition coefficient (Wildman–Crippen LogP) is 3.50. The predicted molar refractivity (Wildman–Crippen MR) is 94.3 cm³/mol. The molecule has 1 aromatic carbocycles. The Morgan fingerprint density at radius 3 is 2.90 bits per heavy atom. The molecule has 0 bridgehead atoms. The van der Waals surface area contributed by atoms with Gasteiger partial charge in [0.05, 0.1) is 6.04 Å². The molecule has 3 aliphatic carbocycles. The van der Waals surface area contributed by atoms with E-state index in [1.807, 2.05) is 0 Å². The Morgan fingerprint density at radius 1 is 1.24 bits per heavy atom. The summed E-state index contributed by atoms with van der Waals surface area (Å²) in [6.07, 6.45) is 11.3. The van der Waals surface area contributed by atoms with Gasteiger partial charge in [-0.05, 0) is 66.2 Å². The van der Waals surface area contributed by atoms with E-state index in [9.17, 15) is 0 Å². The third-order valence-corrected chi connectivity index (χ3v) is 5.28. The first-order valence-electron chi connectivity index (χ1n) is 7.47. The lowest BCUT2D eigenvalue weighted by molar-refractivity contribution is 0.695. The van der Waals surface area contributed by atoms with Crippen LogP contribution in [0.2, 0.25) is 0 Å². The molecule has 1 aromatic rings. The number of rotatable bonds is 2. The maximum absolute atomic E-state index is 5.42. The van der Waals surface area contributed by atoms with E-state index in [0.29, 0.717) is 6.04 Å². The van der Waals surface area contributed by atoms with Crippen LogP contribution in [0.15, 0.2) is 34.8 Å². The van der Waals surface area contributed by atoms with Crippen molar-refractivity contribution in [3.63, 3.8) is 0 Å². The molecule has 1 fully saturated rings. The van der Waals surface area contributed by atoms with Gasteiger partial charge in [0.2, 0.25) is 0 Å². The van der Waals surface area contributed by atoms with Gasteiger partial charge >= 0.3 is 0 Å². The zero-order valence-corrected chi connectivity index (χ0v) is 14.1. The molecule has 0 saturated heterocycles. The summed E-state index contributed by atoms with van der Waals surface area (Å²) < 4.78 is 1.20. The van der Waals surface area contributed by atoms with Gasteiger partial charge in [0.15, 0.2) is 5.11 Å². The first-order valence-corrected chi connectivity index (χ1v) is 8.67. The van der Waals surface area contributed by atoms with E-state index in [1.165, 1.54) is 39.6 Å². The number of hydrogen-bond acceptors (Lipinski definition) is 1. The molecule has 0 radical (unpaired) electrons. The molecule has 1 unspecified atom stereocenters. The number of nitrogens with one attached hydrogen (secondary N) is 2. The van der Waals surface area contributed by atoms with Crippen LogP contribution in [0.1, 0.15) is 29.5 Å². The lowest BCUT2D eigenvalue weighted by Gasteiger charge is -2.29. The van der Waals surface area contributed by atoms with Crippen LogP contribution in [-0.2, 0) is 12.8 Å². The number of thiocarbonyl (C=S) groups is 1. The molecule has 4 heteroatoms. The van der Waals surface area contributed by atoms with Gasteiger partial charge in [-0.15, -0.1) is 0 Å². The van der Waals surface area contributed by atoms with E-state index < -0.39 is 0 Å². The topological polar surface area (TPSA) is 24.1 Å². The molecule has 0 spiro atoms. The summed E-state index contributed by atoms with van der Waals surface area (Å²) in [4.78, 5) is 0. The fourth-order valence-electron chi connectivity index (χ4n) is 3.15. The van der Waals surface area contributed by atoms with Crippen molar-refractivity contribution in [1.29, 1.82) is 0 Å². The Hall–Kier alpha value is -1.13. The fraction of sp³-hybridized carbons (Fsp3) is 0.353. The summed E-state index contributed by atoms with van der Waals surface area (Å²) in [5.74, 6) is 0. The maximum Gasteiger partial charge on any atom is 0.166 e. The van der Waals surface area contributed by atoms with Crippen LogP contribution in [0.4, 0.5) is 0 Å². The molecule has 4 rings (SSSR count). The number of hydrogen-bond donors (Lipinski definition) is 2. The Bertz CT molecular complexity index is 674. The average molecular weight is 361 g/mol. The van der Waals surface area contributed by atoms with Crippen molar-refractivity contribution in [2.24, 2.45) is 0 Å². The van der Waals surface area contributed by atoms with E-state index in [-0.39, 0.29) is 6.04 Å². The minimum atomic E-state index is 0.264. The van der Waals surface area contributed by atoms with E-state index in [1.54, 1.807) is 0 Å². The molecule has 1 atom stereocenters. The smallest absolute Gasteiger partial charge is 0.166 e. The summed E-state index contributed by atoms with van der Waals surface area (Å²) >= 11 is 9.13. The van der Waals surface area contributed by atoms with Gasteiger partial charge in [-0.1, -0.05) is 40.2 Å². The Labute approximate surface area is 138 Å². The second kappa shape index (κ2) is 5.25. The normalized spacial score (nSPS) is 22.3. The van der Waals surface area contributed by atoms with Crippen molar-refractivity contribution in [3.8, 4) is 0 Å². The van der Waals surface area contributed by atoms with Gasteiger partial charge in [-0.2, -0.15) is 0 Å². The van der Waals surface area contributed by atoms with E-state index >= 15 is 0 Å². The standard InChI is InChI=1S/C17H17BrN2S/c18-15-7-4-10-2-1-3-11-8-13(9-14(15)16(10)11)20-17(21)19-12-5-6-12/h1,3-4,7-8,12-13H,2,5-6,9H2,(H2,19,20,21). The first-order chi connectivity index (χ1) is 10.2. The number of benzene rings is 1. The molecule has 0 heterocycles. The molecular formula is C17H17BrN2S. The molecule has 3 aliphatic rings. The first kappa shape index (κ1) is 13.5. The quantitative estimate of drug-likeness (QED) is 0.789. The Kier molecular flexibility index (Phi) is 3.38. The van der Waals surface area contributed by atoms with Crippen molar-refractivity contribution < 1.29 is 0 Å². The Morgan fingerprint density at radius 2 is 2.10 bits per heavy atom. The average Bonchev–Trinajstić information content (AvgIpc) is 3.26.